The number of benzene rings is 1. The lowest BCUT2D eigenvalue weighted by Gasteiger charge is -2.13. The van der Waals surface area contributed by atoms with Crippen LogP contribution in [0.25, 0.3) is 0 Å². The van der Waals surface area contributed by atoms with Crippen LogP contribution in [0.4, 0.5) is 0 Å². The van der Waals surface area contributed by atoms with Crippen molar-refractivity contribution in [2.75, 3.05) is 13.7 Å². The third-order valence-corrected chi connectivity index (χ3v) is 4.39. The zero-order chi connectivity index (χ0) is 14.5. The monoisotopic (exact) mass is 303 g/mol. The van der Waals surface area contributed by atoms with E-state index in [1.165, 1.54) is 24.0 Å². The van der Waals surface area contributed by atoms with Crippen molar-refractivity contribution < 1.29 is 9.47 Å². The number of nitrogens with one attached hydrogen (secondary N) is 1. The molecule has 0 aliphatic heterocycles. The van der Waals surface area contributed by atoms with Crippen LogP contribution in [-0.4, -0.2) is 19.8 Å². The molecule has 1 heterocycles. The molecule has 0 unspecified atom stereocenters. The van der Waals surface area contributed by atoms with Crippen LogP contribution in [0.2, 0.25) is 0 Å². The van der Waals surface area contributed by atoms with Gasteiger partial charge in [-0.1, -0.05) is 0 Å². The van der Waals surface area contributed by atoms with Crippen molar-refractivity contribution in [2.24, 2.45) is 0 Å². The zero-order valence-electron chi connectivity index (χ0n) is 12.3. The summed E-state index contributed by atoms with van der Waals surface area (Å²) in [6.07, 6.45) is 3.53. The molecule has 0 amide bonds. The largest absolute Gasteiger partial charge is 0.497 e. The van der Waals surface area contributed by atoms with E-state index in [1.54, 1.807) is 18.4 Å². The van der Waals surface area contributed by atoms with Crippen LogP contribution in [0.15, 0.2) is 35.0 Å². The van der Waals surface area contributed by atoms with Gasteiger partial charge in [0.25, 0.3) is 0 Å². The lowest BCUT2D eigenvalue weighted by atomic mass is 10.2. The van der Waals surface area contributed by atoms with Gasteiger partial charge in [0.15, 0.2) is 0 Å². The molecule has 0 bridgehead atoms. The van der Waals surface area contributed by atoms with Crippen LogP contribution < -0.4 is 14.8 Å². The second-order valence-electron chi connectivity index (χ2n) is 5.36. The van der Waals surface area contributed by atoms with E-state index in [-0.39, 0.29) is 0 Å². The molecular formula is C17H21NO2S. The minimum atomic E-state index is 0.690. The van der Waals surface area contributed by atoms with Crippen LogP contribution in [-0.2, 0) is 13.0 Å². The molecular weight excluding hydrogens is 282 g/mol. The van der Waals surface area contributed by atoms with Crippen molar-refractivity contribution in [3.63, 3.8) is 0 Å². The molecule has 1 aromatic carbocycles. The minimum Gasteiger partial charge on any atom is -0.497 e. The lowest BCUT2D eigenvalue weighted by molar-refractivity contribution is 0.316. The van der Waals surface area contributed by atoms with Crippen LogP contribution in [0.5, 0.6) is 11.5 Å². The Bertz CT molecular complexity index is 564. The highest BCUT2D eigenvalue weighted by molar-refractivity contribution is 7.07. The first kappa shape index (κ1) is 14.4. The first-order chi connectivity index (χ1) is 10.3. The van der Waals surface area contributed by atoms with Crippen molar-refractivity contribution in [3.05, 3.63) is 46.2 Å². The van der Waals surface area contributed by atoms with E-state index in [4.69, 9.17) is 9.47 Å². The molecule has 1 aliphatic rings. The Morgan fingerprint density at radius 1 is 1.29 bits per heavy atom. The van der Waals surface area contributed by atoms with Gasteiger partial charge in [0, 0.05) is 24.6 Å². The van der Waals surface area contributed by atoms with Gasteiger partial charge in [0.1, 0.15) is 11.5 Å². The minimum absolute atomic E-state index is 0.690. The summed E-state index contributed by atoms with van der Waals surface area (Å²) >= 11 is 1.73. The van der Waals surface area contributed by atoms with E-state index in [0.717, 1.165) is 24.5 Å². The Hall–Kier alpha value is -1.52. The summed E-state index contributed by atoms with van der Waals surface area (Å²) in [6, 6.07) is 8.87. The lowest BCUT2D eigenvalue weighted by Crippen LogP contribution is -2.16. The summed E-state index contributed by atoms with van der Waals surface area (Å²) in [6.45, 7) is 1.55. The van der Waals surface area contributed by atoms with E-state index in [0.29, 0.717) is 12.6 Å². The van der Waals surface area contributed by atoms with Crippen molar-refractivity contribution in [3.8, 4) is 11.5 Å². The molecule has 1 aliphatic carbocycles. The topological polar surface area (TPSA) is 30.5 Å². The molecule has 1 fully saturated rings. The molecule has 1 aromatic heterocycles. The highest BCUT2D eigenvalue weighted by Gasteiger charge is 2.20. The van der Waals surface area contributed by atoms with E-state index >= 15 is 0 Å². The van der Waals surface area contributed by atoms with E-state index in [2.05, 4.69) is 28.2 Å². The Labute approximate surface area is 129 Å². The second kappa shape index (κ2) is 6.96. The molecule has 4 heteroatoms. The summed E-state index contributed by atoms with van der Waals surface area (Å²) in [5.41, 5.74) is 2.51. The quantitative estimate of drug-likeness (QED) is 0.808. The number of hydrogen-bond donors (Lipinski definition) is 1. The summed E-state index contributed by atoms with van der Waals surface area (Å²) < 4.78 is 11.3. The average molecular weight is 303 g/mol. The first-order valence-electron chi connectivity index (χ1n) is 7.39. The Balaban J connectivity index is 1.60. The number of ether oxygens (including phenoxy) is 2. The van der Waals surface area contributed by atoms with Gasteiger partial charge in [-0.2, -0.15) is 11.3 Å². The van der Waals surface area contributed by atoms with Gasteiger partial charge in [-0.15, -0.1) is 0 Å². The third-order valence-electron chi connectivity index (χ3n) is 3.65. The van der Waals surface area contributed by atoms with Gasteiger partial charge in [-0.3, -0.25) is 0 Å². The fraction of sp³-hybridized carbons (Fsp3) is 0.412. The molecule has 0 radical (unpaired) electrons. The number of hydrogen-bond acceptors (Lipinski definition) is 4. The summed E-state index contributed by atoms with van der Waals surface area (Å²) in [7, 11) is 1.70. The highest BCUT2D eigenvalue weighted by Crippen LogP contribution is 2.26. The van der Waals surface area contributed by atoms with Gasteiger partial charge in [-0.05, 0) is 53.4 Å². The summed E-state index contributed by atoms with van der Waals surface area (Å²) in [5.74, 6) is 1.84. The zero-order valence-corrected chi connectivity index (χ0v) is 13.1. The van der Waals surface area contributed by atoms with E-state index in [1.807, 2.05) is 12.1 Å². The molecule has 3 nitrogen and oxygen atoms in total. The van der Waals surface area contributed by atoms with Gasteiger partial charge >= 0.3 is 0 Å². The predicted molar refractivity (Wildman–Crippen MR) is 86.4 cm³/mol. The van der Waals surface area contributed by atoms with Crippen LogP contribution in [0, 0.1) is 0 Å². The molecule has 1 N–H and O–H groups in total. The van der Waals surface area contributed by atoms with E-state index < -0.39 is 0 Å². The van der Waals surface area contributed by atoms with Crippen molar-refractivity contribution >= 4 is 11.3 Å². The summed E-state index contributed by atoms with van der Waals surface area (Å²) in [4.78, 5) is 0. The molecule has 112 valence electrons. The molecule has 3 rings (SSSR count). The standard InChI is InChI=1S/C17H21NO2S/c1-19-16-4-5-17(14(10-16)11-18-15-2-3-15)20-8-6-13-7-9-21-12-13/h4-5,7,9-10,12,15,18H,2-3,6,8,11H2,1H3. The highest BCUT2D eigenvalue weighted by atomic mass is 32.1. The Kier molecular flexibility index (Phi) is 4.78. The maximum absolute atomic E-state index is 5.97. The van der Waals surface area contributed by atoms with Gasteiger partial charge in [0.2, 0.25) is 0 Å². The van der Waals surface area contributed by atoms with Crippen LogP contribution in [0.1, 0.15) is 24.0 Å². The normalized spacial score (nSPS) is 14.1. The molecule has 0 spiro atoms. The molecule has 0 atom stereocenters. The third kappa shape index (κ3) is 4.22. The van der Waals surface area contributed by atoms with Gasteiger partial charge < -0.3 is 14.8 Å². The second-order valence-corrected chi connectivity index (χ2v) is 6.14. The van der Waals surface area contributed by atoms with E-state index in [9.17, 15) is 0 Å². The molecule has 0 saturated heterocycles. The Morgan fingerprint density at radius 2 is 2.19 bits per heavy atom. The predicted octanol–water partition coefficient (Wildman–Crippen LogP) is 3.63. The fourth-order valence-electron chi connectivity index (χ4n) is 2.22. The molecule has 1 saturated carbocycles. The number of rotatable bonds is 8. The van der Waals surface area contributed by atoms with Crippen molar-refractivity contribution in [1.82, 2.24) is 5.32 Å². The first-order valence-corrected chi connectivity index (χ1v) is 8.33. The molecule has 21 heavy (non-hydrogen) atoms. The fourth-order valence-corrected chi connectivity index (χ4v) is 2.92. The number of thiophene rings is 1. The van der Waals surface area contributed by atoms with Crippen LogP contribution >= 0.6 is 11.3 Å². The smallest absolute Gasteiger partial charge is 0.124 e. The maximum atomic E-state index is 5.97. The number of methoxy groups -OCH3 is 1. The Morgan fingerprint density at radius 3 is 2.90 bits per heavy atom. The van der Waals surface area contributed by atoms with Gasteiger partial charge in [0.05, 0.1) is 13.7 Å². The molecule has 2 aromatic rings. The maximum Gasteiger partial charge on any atom is 0.124 e. The SMILES string of the molecule is COc1ccc(OCCc2ccsc2)c(CNC2CC2)c1. The average Bonchev–Trinajstić information content (AvgIpc) is 3.20. The van der Waals surface area contributed by atoms with Crippen molar-refractivity contribution in [1.29, 1.82) is 0 Å². The van der Waals surface area contributed by atoms with Gasteiger partial charge in [-0.25, -0.2) is 0 Å². The van der Waals surface area contributed by atoms with Crippen molar-refractivity contribution in [2.45, 2.75) is 31.8 Å². The summed E-state index contributed by atoms with van der Waals surface area (Å²) in [5, 5.41) is 7.81. The van der Waals surface area contributed by atoms with Crippen LogP contribution in [0.3, 0.4) is 0 Å².